The SMILES string of the molecule is Cc1nn(C)c(Cl)c1CCCCCl. The number of hydrogen-bond acceptors (Lipinski definition) is 1. The minimum Gasteiger partial charge on any atom is -0.257 e. The zero-order valence-electron chi connectivity index (χ0n) is 7.98. The van der Waals surface area contributed by atoms with Gasteiger partial charge in [-0.2, -0.15) is 5.10 Å². The van der Waals surface area contributed by atoms with Crippen LogP contribution in [0.3, 0.4) is 0 Å². The molecule has 0 aromatic carbocycles. The molecule has 0 unspecified atom stereocenters. The molecule has 0 atom stereocenters. The van der Waals surface area contributed by atoms with Gasteiger partial charge in [0.15, 0.2) is 0 Å². The Balaban J connectivity index is 2.64. The van der Waals surface area contributed by atoms with E-state index in [4.69, 9.17) is 23.2 Å². The molecule has 1 aromatic rings. The first-order valence-electron chi connectivity index (χ1n) is 4.40. The van der Waals surface area contributed by atoms with Crippen LogP contribution in [0.15, 0.2) is 0 Å². The standard InChI is InChI=1S/C9H14Cl2N2/c1-7-8(5-3-4-6-10)9(11)13(2)12-7/h3-6H2,1-2H3. The highest BCUT2D eigenvalue weighted by Crippen LogP contribution is 2.20. The molecular weight excluding hydrogens is 207 g/mol. The molecule has 0 N–H and O–H groups in total. The van der Waals surface area contributed by atoms with E-state index in [1.165, 1.54) is 0 Å². The molecule has 0 fully saturated rings. The Morgan fingerprint density at radius 2 is 2.08 bits per heavy atom. The monoisotopic (exact) mass is 220 g/mol. The summed E-state index contributed by atoms with van der Waals surface area (Å²) in [6.07, 6.45) is 3.09. The maximum absolute atomic E-state index is 6.06. The van der Waals surface area contributed by atoms with Crippen LogP contribution in [-0.2, 0) is 13.5 Å². The number of aromatic nitrogens is 2. The second-order valence-electron chi connectivity index (χ2n) is 3.12. The third kappa shape index (κ3) is 2.61. The van der Waals surface area contributed by atoms with Gasteiger partial charge in [-0.1, -0.05) is 11.6 Å². The Kier molecular flexibility index (Phi) is 4.07. The molecule has 0 saturated heterocycles. The second-order valence-corrected chi connectivity index (χ2v) is 3.86. The molecule has 1 heterocycles. The smallest absolute Gasteiger partial charge is 0.130 e. The van der Waals surface area contributed by atoms with Crippen LogP contribution in [0.5, 0.6) is 0 Å². The summed E-state index contributed by atoms with van der Waals surface area (Å²) in [6.45, 7) is 1.99. The number of rotatable bonds is 4. The van der Waals surface area contributed by atoms with E-state index in [-0.39, 0.29) is 0 Å². The third-order valence-corrected chi connectivity index (χ3v) is 2.82. The van der Waals surface area contributed by atoms with Crippen LogP contribution in [0, 0.1) is 6.92 Å². The zero-order valence-corrected chi connectivity index (χ0v) is 9.49. The van der Waals surface area contributed by atoms with Crippen molar-refractivity contribution < 1.29 is 0 Å². The van der Waals surface area contributed by atoms with E-state index >= 15 is 0 Å². The van der Waals surface area contributed by atoms with Crippen molar-refractivity contribution in [1.82, 2.24) is 9.78 Å². The van der Waals surface area contributed by atoms with Crippen molar-refractivity contribution in [2.24, 2.45) is 7.05 Å². The van der Waals surface area contributed by atoms with Gasteiger partial charge in [0.1, 0.15) is 5.15 Å². The van der Waals surface area contributed by atoms with Crippen LogP contribution in [0.25, 0.3) is 0 Å². The van der Waals surface area contributed by atoms with Crippen LogP contribution < -0.4 is 0 Å². The predicted molar refractivity (Wildman–Crippen MR) is 56.6 cm³/mol. The Hall–Kier alpha value is -0.210. The van der Waals surface area contributed by atoms with Gasteiger partial charge in [-0.25, -0.2) is 0 Å². The van der Waals surface area contributed by atoms with E-state index in [9.17, 15) is 0 Å². The van der Waals surface area contributed by atoms with Gasteiger partial charge in [0.25, 0.3) is 0 Å². The van der Waals surface area contributed by atoms with Crippen molar-refractivity contribution in [3.05, 3.63) is 16.4 Å². The highest BCUT2D eigenvalue weighted by atomic mass is 35.5. The molecule has 4 heteroatoms. The average Bonchev–Trinajstić information content (AvgIpc) is 2.32. The van der Waals surface area contributed by atoms with Crippen LogP contribution >= 0.6 is 23.2 Å². The number of aryl methyl sites for hydroxylation is 2. The Bertz CT molecular complexity index is 281. The van der Waals surface area contributed by atoms with Gasteiger partial charge in [0, 0.05) is 18.5 Å². The Morgan fingerprint density at radius 1 is 1.38 bits per heavy atom. The number of halogens is 2. The lowest BCUT2D eigenvalue weighted by molar-refractivity contribution is 0.756. The van der Waals surface area contributed by atoms with E-state index in [1.54, 1.807) is 4.68 Å². The molecule has 0 amide bonds. The lowest BCUT2D eigenvalue weighted by Crippen LogP contribution is -1.90. The number of nitrogens with zero attached hydrogens (tertiary/aromatic N) is 2. The molecule has 13 heavy (non-hydrogen) atoms. The van der Waals surface area contributed by atoms with E-state index < -0.39 is 0 Å². The van der Waals surface area contributed by atoms with Gasteiger partial charge in [0.2, 0.25) is 0 Å². The minimum absolute atomic E-state index is 0.719. The maximum atomic E-state index is 6.06. The topological polar surface area (TPSA) is 17.8 Å². The molecule has 2 nitrogen and oxygen atoms in total. The Morgan fingerprint density at radius 3 is 2.54 bits per heavy atom. The minimum atomic E-state index is 0.719. The van der Waals surface area contributed by atoms with Gasteiger partial charge in [-0.05, 0) is 26.2 Å². The highest BCUT2D eigenvalue weighted by molar-refractivity contribution is 6.30. The third-order valence-electron chi connectivity index (χ3n) is 2.08. The zero-order chi connectivity index (χ0) is 9.84. The fourth-order valence-corrected chi connectivity index (χ4v) is 1.81. The van der Waals surface area contributed by atoms with Crippen molar-refractivity contribution in [2.75, 3.05) is 5.88 Å². The fourth-order valence-electron chi connectivity index (χ4n) is 1.35. The molecule has 0 saturated carbocycles. The van der Waals surface area contributed by atoms with Gasteiger partial charge in [0.05, 0.1) is 5.69 Å². The van der Waals surface area contributed by atoms with Crippen molar-refractivity contribution in [3.63, 3.8) is 0 Å². The molecule has 0 radical (unpaired) electrons. The molecular formula is C9H14Cl2N2. The molecule has 1 aromatic heterocycles. The molecule has 0 spiro atoms. The van der Waals surface area contributed by atoms with Crippen molar-refractivity contribution in [1.29, 1.82) is 0 Å². The summed E-state index contributed by atoms with van der Waals surface area (Å²) < 4.78 is 1.72. The summed E-state index contributed by atoms with van der Waals surface area (Å²) in [5.41, 5.74) is 2.19. The van der Waals surface area contributed by atoms with E-state index in [0.29, 0.717) is 0 Å². The molecule has 0 aliphatic heterocycles. The first-order valence-corrected chi connectivity index (χ1v) is 5.32. The highest BCUT2D eigenvalue weighted by Gasteiger charge is 2.09. The number of alkyl halides is 1. The second kappa shape index (κ2) is 4.87. The van der Waals surface area contributed by atoms with Gasteiger partial charge < -0.3 is 0 Å². The predicted octanol–water partition coefficient (Wildman–Crippen LogP) is 2.94. The Labute approximate surface area is 88.8 Å². The summed E-state index contributed by atoms with van der Waals surface area (Å²) in [7, 11) is 1.86. The first-order chi connectivity index (χ1) is 6.16. The van der Waals surface area contributed by atoms with E-state index in [0.717, 1.165) is 41.6 Å². The maximum Gasteiger partial charge on any atom is 0.130 e. The van der Waals surface area contributed by atoms with Gasteiger partial charge in [-0.3, -0.25) is 4.68 Å². The summed E-state index contributed by atoms with van der Waals surface area (Å²) >= 11 is 11.7. The summed E-state index contributed by atoms with van der Waals surface area (Å²) in [5.74, 6) is 0.719. The van der Waals surface area contributed by atoms with Gasteiger partial charge >= 0.3 is 0 Å². The lowest BCUT2D eigenvalue weighted by Gasteiger charge is -1.98. The van der Waals surface area contributed by atoms with E-state index in [1.807, 2.05) is 14.0 Å². The van der Waals surface area contributed by atoms with Crippen molar-refractivity contribution in [3.8, 4) is 0 Å². The van der Waals surface area contributed by atoms with Crippen LogP contribution in [0.1, 0.15) is 24.1 Å². The summed E-state index contributed by atoms with van der Waals surface area (Å²) in [4.78, 5) is 0. The quantitative estimate of drug-likeness (QED) is 0.564. The largest absolute Gasteiger partial charge is 0.257 e. The molecule has 0 aliphatic carbocycles. The average molecular weight is 221 g/mol. The van der Waals surface area contributed by atoms with Crippen LogP contribution in [0.4, 0.5) is 0 Å². The molecule has 74 valence electrons. The summed E-state index contributed by atoms with van der Waals surface area (Å²) in [5, 5.41) is 5.00. The van der Waals surface area contributed by atoms with Crippen molar-refractivity contribution >= 4 is 23.2 Å². The molecule has 1 rings (SSSR count). The van der Waals surface area contributed by atoms with Crippen molar-refractivity contribution in [2.45, 2.75) is 26.2 Å². The van der Waals surface area contributed by atoms with Crippen LogP contribution in [-0.4, -0.2) is 15.7 Å². The number of hydrogen-bond donors (Lipinski definition) is 0. The fraction of sp³-hybridized carbons (Fsp3) is 0.667. The van der Waals surface area contributed by atoms with Crippen LogP contribution in [0.2, 0.25) is 5.15 Å². The lowest BCUT2D eigenvalue weighted by atomic mass is 10.1. The van der Waals surface area contributed by atoms with E-state index in [2.05, 4.69) is 5.10 Å². The first kappa shape index (κ1) is 10.9. The summed E-state index contributed by atoms with van der Waals surface area (Å²) in [6, 6.07) is 0. The molecule has 0 aliphatic rings. The van der Waals surface area contributed by atoms with Gasteiger partial charge in [-0.15, -0.1) is 11.6 Å². The molecule has 0 bridgehead atoms. The number of unbranched alkanes of at least 4 members (excludes halogenated alkanes) is 1. The normalized spacial score (nSPS) is 10.8.